The molecule has 0 aliphatic heterocycles. The first-order valence-corrected chi connectivity index (χ1v) is 7.21. The molecule has 0 bridgehead atoms. The number of hydrogen-bond donors (Lipinski definition) is 1. The molecule has 0 atom stereocenters. The molecule has 0 saturated heterocycles. The predicted octanol–water partition coefficient (Wildman–Crippen LogP) is 2.84. The first kappa shape index (κ1) is 15.3. The van der Waals surface area contributed by atoms with Gasteiger partial charge in [-0.1, -0.05) is 30.3 Å². The van der Waals surface area contributed by atoms with Gasteiger partial charge in [0, 0.05) is 18.7 Å². The molecule has 1 aromatic heterocycles. The van der Waals surface area contributed by atoms with Crippen LogP contribution in [0.1, 0.15) is 28.1 Å². The van der Waals surface area contributed by atoms with Crippen molar-refractivity contribution >= 4 is 5.91 Å². The highest BCUT2D eigenvalue weighted by Crippen LogP contribution is 2.08. The summed E-state index contributed by atoms with van der Waals surface area (Å²) in [6.07, 6.45) is 2.45. The van der Waals surface area contributed by atoms with Crippen LogP contribution in [0.25, 0.3) is 0 Å². The molecule has 2 rings (SSSR count). The number of hydrogen-bond acceptors (Lipinski definition) is 3. The Labute approximate surface area is 125 Å². The molecule has 0 spiro atoms. The molecule has 2 aromatic rings. The van der Waals surface area contributed by atoms with E-state index < -0.39 is 0 Å². The van der Waals surface area contributed by atoms with Crippen molar-refractivity contribution in [2.24, 2.45) is 0 Å². The van der Waals surface area contributed by atoms with Crippen LogP contribution in [0.2, 0.25) is 0 Å². The maximum atomic E-state index is 11.8. The summed E-state index contributed by atoms with van der Waals surface area (Å²) in [5.41, 5.74) is 2.17. The largest absolute Gasteiger partial charge is 0.459 e. The second-order valence-corrected chi connectivity index (χ2v) is 5.27. The number of rotatable bonds is 7. The fourth-order valence-corrected chi connectivity index (χ4v) is 2.21. The van der Waals surface area contributed by atoms with Gasteiger partial charge in [-0.05, 0) is 38.6 Å². The minimum atomic E-state index is -0.136. The van der Waals surface area contributed by atoms with Crippen molar-refractivity contribution in [1.29, 1.82) is 0 Å². The minimum Gasteiger partial charge on any atom is -0.459 e. The van der Waals surface area contributed by atoms with Gasteiger partial charge in [-0.3, -0.25) is 4.79 Å². The Morgan fingerprint density at radius 3 is 2.67 bits per heavy atom. The van der Waals surface area contributed by atoms with Crippen LogP contribution in [0.15, 0.2) is 47.1 Å². The van der Waals surface area contributed by atoms with Crippen LogP contribution < -0.4 is 5.32 Å². The lowest BCUT2D eigenvalue weighted by molar-refractivity contribution is 0.0923. The topological polar surface area (TPSA) is 45.5 Å². The number of amides is 1. The van der Waals surface area contributed by atoms with Crippen LogP contribution in [-0.4, -0.2) is 30.9 Å². The summed E-state index contributed by atoms with van der Waals surface area (Å²) < 4.78 is 5.16. The third kappa shape index (κ3) is 4.76. The summed E-state index contributed by atoms with van der Waals surface area (Å²) in [6.45, 7) is 4.38. The molecule has 1 amide bonds. The Balaban J connectivity index is 1.65. The van der Waals surface area contributed by atoms with Crippen molar-refractivity contribution in [3.8, 4) is 0 Å². The number of furan rings is 1. The Kier molecular flexibility index (Phi) is 5.58. The van der Waals surface area contributed by atoms with Gasteiger partial charge in [0.05, 0.1) is 6.26 Å². The number of aryl methyl sites for hydroxylation is 1. The fourth-order valence-electron chi connectivity index (χ4n) is 2.21. The smallest absolute Gasteiger partial charge is 0.287 e. The lowest BCUT2D eigenvalue weighted by Gasteiger charge is -2.16. The summed E-state index contributed by atoms with van der Waals surface area (Å²) in [4.78, 5) is 14.1. The van der Waals surface area contributed by atoms with Crippen molar-refractivity contribution in [3.05, 3.63) is 59.5 Å². The van der Waals surface area contributed by atoms with Crippen LogP contribution in [0.3, 0.4) is 0 Å². The molecule has 1 aromatic carbocycles. The molecule has 0 aliphatic carbocycles. The molecule has 0 saturated carbocycles. The zero-order valence-electron chi connectivity index (χ0n) is 12.6. The molecular weight excluding hydrogens is 264 g/mol. The van der Waals surface area contributed by atoms with Crippen molar-refractivity contribution < 1.29 is 9.21 Å². The second kappa shape index (κ2) is 7.64. The van der Waals surface area contributed by atoms with Gasteiger partial charge < -0.3 is 14.6 Å². The lowest BCUT2D eigenvalue weighted by Crippen LogP contribution is -2.28. The first-order valence-electron chi connectivity index (χ1n) is 7.21. The normalized spacial score (nSPS) is 10.8. The molecule has 1 heterocycles. The number of carbonyl (C=O) groups excluding carboxylic acids is 1. The van der Waals surface area contributed by atoms with Crippen molar-refractivity contribution in [2.75, 3.05) is 20.1 Å². The predicted molar refractivity (Wildman–Crippen MR) is 83.2 cm³/mol. The summed E-state index contributed by atoms with van der Waals surface area (Å²) >= 11 is 0. The van der Waals surface area contributed by atoms with Crippen LogP contribution in [0.4, 0.5) is 0 Å². The zero-order chi connectivity index (χ0) is 15.1. The Morgan fingerprint density at radius 1 is 1.24 bits per heavy atom. The van der Waals surface area contributed by atoms with E-state index in [4.69, 9.17) is 4.42 Å². The van der Waals surface area contributed by atoms with Gasteiger partial charge >= 0.3 is 0 Å². The van der Waals surface area contributed by atoms with E-state index in [0.717, 1.165) is 25.1 Å². The van der Waals surface area contributed by atoms with Gasteiger partial charge in [0.25, 0.3) is 5.91 Å². The SMILES string of the molecule is Cc1ccoc1C(=O)NCCCN(C)Cc1ccccc1. The maximum absolute atomic E-state index is 11.8. The van der Waals surface area contributed by atoms with Crippen molar-refractivity contribution in [2.45, 2.75) is 19.9 Å². The quantitative estimate of drug-likeness (QED) is 0.796. The van der Waals surface area contributed by atoms with Crippen molar-refractivity contribution in [1.82, 2.24) is 10.2 Å². The van der Waals surface area contributed by atoms with E-state index in [1.807, 2.05) is 13.0 Å². The zero-order valence-corrected chi connectivity index (χ0v) is 12.6. The van der Waals surface area contributed by atoms with Gasteiger partial charge in [-0.25, -0.2) is 0 Å². The Morgan fingerprint density at radius 2 is 2.00 bits per heavy atom. The summed E-state index contributed by atoms with van der Waals surface area (Å²) in [5.74, 6) is 0.274. The van der Waals surface area contributed by atoms with Gasteiger partial charge in [0.15, 0.2) is 5.76 Å². The number of nitrogens with zero attached hydrogens (tertiary/aromatic N) is 1. The molecule has 4 nitrogen and oxygen atoms in total. The van der Waals surface area contributed by atoms with E-state index in [1.165, 1.54) is 11.8 Å². The van der Waals surface area contributed by atoms with Crippen LogP contribution >= 0.6 is 0 Å². The Bertz CT molecular complexity index is 563. The monoisotopic (exact) mass is 286 g/mol. The highest BCUT2D eigenvalue weighted by atomic mass is 16.3. The van der Waals surface area contributed by atoms with E-state index in [2.05, 4.69) is 41.5 Å². The molecule has 21 heavy (non-hydrogen) atoms. The molecule has 0 fully saturated rings. The van der Waals surface area contributed by atoms with Crippen LogP contribution in [-0.2, 0) is 6.54 Å². The van der Waals surface area contributed by atoms with Gasteiger partial charge in [0.2, 0.25) is 0 Å². The maximum Gasteiger partial charge on any atom is 0.287 e. The third-order valence-corrected chi connectivity index (χ3v) is 3.37. The average molecular weight is 286 g/mol. The average Bonchev–Trinajstić information content (AvgIpc) is 2.91. The minimum absolute atomic E-state index is 0.136. The molecule has 0 aliphatic rings. The van der Waals surface area contributed by atoms with Crippen LogP contribution in [0, 0.1) is 6.92 Å². The van der Waals surface area contributed by atoms with Gasteiger partial charge in [-0.2, -0.15) is 0 Å². The molecular formula is C17H22N2O2. The van der Waals surface area contributed by atoms with E-state index in [-0.39, 0.29) is 5.91 Å². The first-order chi connectivity index (χ1) is 10.2. The Hall–Kier alpha value is -2.07. The second-order valence-electron chi connectivity index (χ2n) is 5.27. The lowest BCUT2D eigenvalue weighted by atomic mass is 10.2. The van der Waals surface area contributed by atoms with Crippen molar-refractivity contribution in [3.63, 3.8) is 0 Å². The van der Waals surface area contributed by atoms with Gasteiger partial charge in [-0.15, -0.1) is 0 Å². The third-order valence-electron chi connectivity index (χ3n) is 3.37. The standard InChI is InChI=1S/C17H22N2O2/c1-14-9-12-21-16(14)17(20)18-10-6-11-19(2)13-15-7-4-3-5-8-15/h3-5,7-9,12H,6,10-11,13H2,1-2H3,(H,18,20). The van der Waals surface area contributed by atoms with Crippen LogP contribution in [0.5, 0.6) is 0 Å². The fraction of sp³-hybridized carbons (Fsp3) is 0.353. The number of benzene rings is 1. The highest BCUT2D eigenvalue weighted by Gasteiger charge is 2.11. The van der Waals surface area contributed by atoms with E-state index in [1.54, 1.807) is 6.07 Å². The summed E-state index contributed by atoms with van der Waals surface area (Å²) in [5, 5.41) is 2.89. The molecule has 0 radical (unpaired) electrons. The molecule has 112 valence electrons. The summed E-state index contributed by atoms with van der Waals surface area (Å²) in [6, 6.07) is 12.2. The van der Waals surface area contributed by atoms with Gasteiger partial charge in [0.1, 0.15) is 0 Å². The number of nitrogens with one attached hydrogen (secondary N) is 1. The van der Waals surface area contributed by atoms with E-state index in [0.29, 0.717) is 12.3 Å². The highest BCUT2D eigenvalue weighted by molar-refractivity contribution is 5.92. The molecule has 1 N–H and O–H groups in total. The number of carbonyl (C=O) groups is 1. The van der Waals surface area contributed by atoms with E-state index in [9.17, 15) is 4.79 Å². The molecule has 0 unspecified atom stereocenters. The molecule has 4 heteroatoms. The van der Waals surface area contributed by atoms with E-state index >= 15 is 0 Å². The summed E-state index contributed by atoms with van der Waals surface area (Å²) in [7, 11) is 2.09.